The van der Waals surface area contributed by atoms with Gasteiger partial charge in [-0.2, -0.15) is 4.98 Å². The highest BCUT2D eigenvalue weighted by molar-refractivity contribution is 7.13. The van der Waals surface area contributed by atoms with Crippen LogP contribution in [-0.2, 0) is 16.1 Å². The maximum absolute atomic E-state index is 12.5. The summed E-state index contributed by atoms with van der Waals surface area (Å²) < 4.78 is 5.36. The van der Waals surface area contributed by atoms with Crippen LogP contribution < -0.4 is 0 Å². The standard InChI is InChI=1S/C18H23N5O3S/c24-16-5-1-2-6-23(16)13-17(25)22-9-7-21(8-10-22)12-15-19-18(20-26-15)14-4-3-11-27-14/h3-4,11H,1-2,5-10,12-13H2. The van der Waals surface area contributed by atoms with Gasteiger partial charge in [-0.25, -0.2) is 0 Å². The molecule has 2 fully saturated rings. The molecule has 2 aromatic rings. The van der Waals surface area contributed by atoms with Gasteiger partial charge >= 0.3 is 0 Å². The first kappa shape index (κ1) is 18.1. The lowest BCUT2D eigenvalue weighted by Gasteiger charge is -2.35. The van der Waals surface area contributed by atoms with Crippen molar-refractivity contribution in [1.29, 1.82) is 0 Å². The van der Waals surface area contributed by atoms with E-state index < -0.39 is 0 Å². The smallest absolute Gasteiger partial charge is 0.242 e. The monoisotopic (exact) mass is 389 g/mol. The molecule has 0 N–H and O–H groups in total. The molecule has 8 nitrogen and oxygen atoms in total. The Balaban J connectivity index is 1.25. The van der Waals surface area contributed by atoms with E-state index in [-0.39, 0.29) is 18.4 Å². The quantitative estimate of drug-likeness (QED) is 0.770. The molecule has 0 spiro atoms. The van der Waals surface area contributed by atoms with Gasteiger partial charge in [0, 0.05) is 39.1 Å². The number of hydrogen-bond acceptors (Lipinski definition) is 7. The number of amides is 2. The molecule has 0 atom stereocenters. The SMILES string of the molecule is O=C(CN1CCCCC1=O)N1CCN(Cc2nc(-c3cccs3)no2)CC1. The van der Waals surface area contributed by atoms with Crippen LogP contribution in [0.5, 0.6) is 0 Å². The topological polar surface area (TPSA) is 82.8 Å². The molecule has 0 radical (unpaired) electrons. The first-order chi connectivity index (χ1) is 13.2. The predicted octanol–water partition coefficient (Wildman–Crippen LogP) is 1.45. The number of rotatable bonds is 5. The summed E-state index contributed by atoms with van der Waals surface area (Å²) >= 11 is 1.58. The van der Waals surface area contributed by atoms with Gasteiger partial charge in [-0.1, -0.05) is 11.2 Å². The molecule has 2 amide bonds. The second-order valence-electron chi connectivity index (χ2n) is 6.92. The molecule has 9 heteroatoms. The molecule has 0 bridgehead atoms. The van der Waals surface area contributed by atoms with E-state index in [2.05, 4.69) is 15.0 Å². The molecule has 2 aromatic heterocycles. The zero-order valence-corrected chi connectivity index (χ0v) is 16.0. The highest BCUT2D eigenvalue weighted by Gasteiger charge is 2.26. The maximum Gasteiger partial charge on any atom is 0.242 e. The second kappa shape index (κ2) is 8.18. The highest BCUT2D eigenvalue weighted by Crippen LogP contribution is 2.21. The van der Waals surface area contributed by atoms with Crippen LogP contribution >= 0.6 is 11.3 Å². The van der Waals surface area contributed by atoms with Crippen molar-refractivity contribution >= 4 is 23.2 Å². The molecular formula is C18H23N5O3S. The summed E-state index contributed by atoms with van der Waals surface area (Å²) in [6.45, 7) is 4.35. The van der Waals surface area contributed by atoms with E-state index in [4.69, 9.17) is 4.52 Å². The van der Waals surface area contributed by atoms with Crippen molar-refractivity contribution in [2.24, 2.45) is 0 Å². The van der Waals surface area contributed by atoms with Crippen LogP contribution in [0.3, 0.4) is 0 Å². The minimum Gasteiger partial charge on any atom is -0.339 e. The lowest BCUT2D eigenvalue weighted by molar-refractivity contribution is -0.142. The van der Waals surface area contributed by atoms with Crippen molar-refractivity contribution in [3.8, 4) is 10.7 Å². The normalized spacial score (nSPS) is 18.9. The Bertz CT molecular complexity index is 783. The first-order valence-corrected chi connectivity index (χ1v) is 10.2. The zero-order chi connectivity index (χ0) is 18.6. The van der Waals surface area contributed by atoms with E-state index in [1.807, 2.05) is 22.4 Å². The number of thiophene rings is 1. The van der Waals surface area contributed by atoms with Crippen molar-refractivity contribution in [3.63, 3.8) is 0 Å². The summed E-state index contributed by atoms with van der Waals surface area (Å²) in [6, 6.07) is 3.93. The minimum absolute atomic E-state index is 0.0441. The third kappa shape index (κ3) is 4.36. The van der Waals surface area contributed by atoms with E-state index in [1.165, 1.54) is 0 Å². The molecule has 0 aromatic carbocycles. The van der Waals surface area contributed by atoms with E-state index in [9.17, 15) is 9.59 Å². The largest absolute Gasteiger partial charge is 0.339 e. The Morgan fingerprint density at radius 1 is 1.19 bits per heavy atom. The van der Waals surface area contributed by atoms with Gasteiger partial charge in [0.25, 0.3) is 0 Å². The number of piperazine rings is 1. The van der Waals surface area contributed by atoms with Crippen LogP contribution in [0.15, 0.2) is 22.0 Å². The van der Waals surface area contributed by atoms with Gasteiger partial charge in [0.05, 0.1) is 18.0 Å². The Morgan fingerprint density at radius 2 is 2.04 bits per heavy atom. The lowest BCUT2D eigenvalue weighted by Crippen LogP contribution is -2.52. The van der Waals surface area contributed by atoms with Crippen molar-refractivity contribution in [3.05, 3.63) is 23.4 Å². The molecule has 2 aliphatic rings. The van der Waals surface area contributed by atoms with Crippen LogP contribution in [-0.4, -0.2) is 75.9 Å². The summed E-state index contributed by atoms with van der Waals surface area (Å²) in [4.78, 5) is 35.6. The third-order valence-electron chi connectivity index (χ3n) is 5.04. The molecule has 2 saturated heterocycles. The van der Waals surface area contributed by atoms with Gasteiger partial charge in [-0.05, 0) is 24.3 Å². The summed E-state index contributed by atoms with van der Waals surface area (Å²) in [6.07, 6.45) is 2.50. The molecule has 4 rings (SSSR count). The number of carbonyl (C=O) groups excluding carboxylic acids is 2. The van der Waals surface area contributed by atoms with Gasteiger partial charge in [0.15, 0.2) is 0 Å². The van der Waals surface area contributed by atoms with Crippen LogP contribution in [0.1, 0.15) is 25.2 Å². The Morgan fingerprint density at radius 3 is 2.78 bits per heavy atom. The summed E-state index contributed by atoms with van der Waals surface area (Å²) in [5.41, 5.74) is 0. The van der Waals surface area contributed by atoms with E-state index in [1.54, 1.807) is 16.2 Å². The third-order valence-corrected chi connectivity index (χ3v) is 5.91. The fourth-order valence-electron chi connectivity index (χ4n) is 3.46. The molecule has 0 saturated carbocycles. The lowest BCUT2D eigenvalue weighted by atomic mass is 10.1. The van der Waals surface area contributed by atoms with Crippen molar-refractivity contribution in [1.82, 2.24) is 24.8 Å². The summed E-state index contributed by atoms with van der Waals surface area (Å²) in [5, 5.41) is 6.02. The summed E-state index contributed by atoms with van der Waals surface area (Å²) in [7, 11) is 0. The average molecular weight is 389 g/mol. The number of nitrogens with zero attached hydrogens (tertiary/aromatic N) is 5. The number of carbonyl (C=O) groups is 2. The molecule has 144 valence electrons. The average Bonchev–Trinajstić information content (AvgIpc) is 3.36. The maximum atomic E-state index is 12.5. The summed E-state index contributed by atoms with van der Waals surface area (Å²) in [5.74, 6) is 1.37. The zero-order valence-electron chi connectivity index (χ0n) is 15.2. The van der Waals surface area contributed by atoms with Gasteiger partial charge in [-0.15, -0.1) is 11.3 Å². The molecule has 27 heavy (non-hydrogen) atoms. The van der Waals surface area contributed by atoms with Crippen LogP contribution in [0.2, 0.25) is 0 Å². The Hall–Kier alpha value is -2.26. The van der Waals surface area contributed by atoms with E-state index >= 15 is 0 Å². The van der Waals surface area contributed by atoms with Gasteiger partial charge in [0.1, 0.15) is 0 Å². The Labute approximate surface area is 161 Å². The van der Waals surface area contributed by atoms with E-state index in [0.29, 0.717) is 44.3 Å². The van der Waals surface area contributed by atoms with E-state index in [0.717, 1.165) is 30.8 Å². The van der Waals surface area contributed by atoms with Gasteiger partial charge < -0.3 is 14.3 Å². The van der Waals surface area contributed by atoms with Crippen LogP contribution in [0.4, 0.5) is 0 Å². The molecule has 0 aliphatic carbocycles. The van der Waals surface area contributed by atoms with Gasteiger partial charge in [0.2, 0.25) is 23.5 Å². The predicted molar refractivity (Wildman–Crippen MR) is 99.9 cm³/mol. The molecule has 0 unspecified atom stereocenters. The van der Waals surface area contributed by atoms with Crippen LogP contribution in [0.25, 0.3) is 10.7 Å². The fourth-order valence-corrected chi connectivity index (χ4v) is 4.11. The molecular weight excluding hydrogens is 366 g/mol. The van der Waals surface area contributed by atoms with Gasteiger partial charge in [-0.3, -0.25) is 14.5 Å². The minimum atomic E-state index is 0.0441. The number of likely N-dealkylation sites (tertiary alicyclic amines) is 1. The van der Waals surface area contributed by atoms with Crippen molar-refractivity contribution < 1.29 is 14.1 Å². The number of aromatic nitrogens is 2. The number of hydrogen-bond donors (Lipinski definition) is 0. The highest BCUT2D eigenvalue weighted by atomic mass is 32.1. The molecule has 2 aliphatic heterocycles. The number of piperidine rings is 1. The van der Waals surface area contributed by atoms with Crippen molar-refractivity contribution in [2.75, 3.05) is 39.3 Å². The Kier molecular flexibility index (Phi) is 5.49. The molecule has 4 heterocycles. The van der Waals surface area contributed by atoms with Crippen molar-refractivity contribution in [2.45, 2.75) is 25.8 Å². The van der Waals surface area contributed by atoms with Crippen LogP contribution in [0, 0.1) is 0 Å². The first-order valence-electron chi connectivity index (χ1n) is 9.33. The second-order valence-corrected chi connectivity index (χ2v) is 7.87. The fraction of sp³-hybridized carbons (Fsp3) is 0.556.